The summed E-state index contributed by atoms with van der Waals surface area (Å²) in [6.45, 7) is 3.09. The van der Waals surface area contributed by atoms with Crippen LogP contribution < -0.4 is 20.1 Å². The fourth-order valence-electron chi connectivity index (χ4n) is 2.37. The van der Waals surface area contributed by atoms with Gasteiger partial charge in [0, 0.05) is 18.3 Å². The lowest BCUT2D eigenvalue weighted by atomic mass is 10.2. The molecule has 0 fully saturated rings. The van der Waals surface area contributed by atoms with Crippen molar-refractivity contribution in [2.75, 3.05) is 31.0 Å². The van der Waals surface area contributed by atoms with Crippen LogP contribution in [-0.2, 0) is 14.3 Å². The molecule has 0 aliphatic carbocycles. The number of hydrogen-bond donors (Lipinski definition) is 2. The molecule has 0 aliphatic heterocycles. The Kier molecular flexibility index (Phi) is 7.85. The zero-order valence-corrected chi connectivity index (χ0v) is 17.0. The van der Waals surface area contributed by atoms with Crippen LogP contribution in [0, 0.1) is 0 Å². The second-order valence-corrected chi connectivity index (χ2v) is 6.21. The second-order valence-electron chi connectivity index (χ2n) is 5.81. The Morgan fingerprint density at radius 3 is 2.21 bits per heavy atom. The van der Waals surface area contributed by atoms with Gasteiger partial charge in [-0.05, 0) is 43.3 Å². The molecule has 2 N–H and O–H groups in total. The molecule has 2 aromatic rings. The molecule has 0 unspecified atom stereocenters. The highest BCUT2D eigenvalue weighted by molar-refractivity contribution is 6.32. The average molecular weight is 421 g/mol. The molecule has 0 aliphatic rings. The number of esters is 1. The quantitative estimate of drug-likeness (QED) is 0.633. The third-order valence-electron chi connectivity index (χ3n) is 3.58. The van der Waals surface area contributed by atoms with Gasteiger partial charge in [-0.1, -0.05) is 11.6 Å². The number of benzene rings is 2. The second kappa shape index (κ2) is 10.3. The molecule has 0 heterocycles. The maximum Gasteiger partial charge on any atom is 0.338 e. The molecule has 29 heavy (non-hydrogen) atoms. The molecule has 2 rings (SSSR count). The zero-order chi connectivity index (χ0) is 21.4. The fourth-order valence-corrected chi connectivity index (χ4v) is 2.64. The van der Waals surface area contributed by atoms with E-state index < -0.39 is 18.5 Å². The van der Waals surface area contributed by atoms with Crippen molar-refractivity contribution in [2.45, 2.75) is 13.8 Å². The molecule has 154 valence electrons. The van der Waals surface area contributed by atoms with Gasteiger partial charge in [0.1, 0.15) is 0 Å². The molecule has 2 amide bonds. The summed E-state index contributed by atoms with van der Waals surface area (Å²) in [6, 6.07) is 9.31. The Morgan fingerprint density at radius 1 is 1.03 bits per heavy atom. The van der Waals surface area contributed by atoms with E-state index in [0.29, 0.717) is 23.7 Å². The van der Waals surface area contributed by atoms with E-state index in [9.17, 15) is 14.4 Å². The van der Waals surface area contributed by atoms with Gasteiger partial charge in [0.25, 0.3) is 5.91 Å². The van der Waals surface area contributed by atoms with E-state index in [-0.39, 0.29) is 22.2 Å². The minimum Gasteiger partial charge on any atom is -0.493 e. The van der Waals surface area contributed by atoms with Gasteiger partial charge >= 0.3 is 5.97 Å². The number of anilines is 2. The van der Waals surface area contributed by atoms with Crippen molar-refractivity contribution in [3.8, 4) is 11.5 Å². The van der Waals surface area contributed by atoms with Crippen molar-refractivity contribution in [1.82, 2.24) is 0 Å². The number of ether oxygens (including phenoxy) is 3. The van der Waals surface area contributed by atoms with Gasteiger partial charge in [-0.15, -0.1) is 0 Å². The highest BCUT2D eigenvalue weighted by Crippen LogP contribution is 2.36. The van der Waals surface area contributed by atoms with Crippen LogP contribution in [0.1, 0.15) is 24.2 Å². The number of carbonyl (C=O) groups is 3. The molecule has 2 aromatic carbocycles. The number of carbonyl (C=O) groups excluding carboxylic acids is 3. The number of nitrogens with one attached hydrogen (secondary N) is 2. The van der Waals surface area contributed by atoms with Crippen LogP contribution in [-0.4, -0.2) is 38.1 Å². The summed E-state index contributed by atoms with van der Waals surface area (Å²) in [7, 11) is 1.42. The Hall–Kier alpha value is -3.26. The lowest BCUT2D eigenvalue weighted by Crippen LogP contribution is -2.21. The number of halogens is 1. The van der Waals surface area contributed by atoms with Crippen LogP contribution in [0.5, 0.6) is 11.5 Å². The zero-order valence-electron chi connectivity index (χ0n) is 16.2. The highest BCUT2D eigenvalue weighted by atomic mass is 35.5. The van der Waals surface area contributed by atoms with Crippen LogP contribution in [0.15, 0.2) is 36.4 Å². The summed E-state index contributed by atoms with van der Waals surface area (Å²) in [4.78, 5) is 35.3. The molecule has 0 spiro atoms. The normalized spacial score (nSPS) is 10.1. The predicted molar refractivity (Wildman–Crippen MR) is 109 cm³/mol. The van der Waals surface area contributed by atoms with E-state index in [2.05, 4.69) is 10.6 Å². The molecule has 0 aromatic heterocycles. The van der Waals surface area contributed by atoms with E-state index in [1.165, 1.54) is 26.2 Å². The predicted octanol–water partition coefficient (Wildman–Crippen LogP) is 3.50. The largest absolute Gasteiger partial charge is 0.493 e. The summed E-state index contributed by atoms with van der Waals surface area (Å²) in [5, 5.41) is 5.40. The van der Waals surface area contributed by atoms with Gasteiger partial charge in [0.05, 0.1) is 24.3 Å². The van der Waals surface area contributed by atoms with Crippen LogP contribution >= 0.6 is 11.6 Å². The summed E-state index contributed by atoms with van der Waals surface area (Å²) in [5.74, 6) is -0.831. The molecule has 0 radical (unpaired) electrons. The van der Waals surface area contributed by atoms with Crippen LogP contribution in [0.3, 0.4) is 0 Å². The van der Waals surface area contributed by atoms with Crippen molar-refractivity contribution in [3.63, 3.8) is 0 Å². The molecular weight excluding hydrogens is 400 g/mol. The number of rotatable bonds is 8. The van der Waals surface area contributed by atoms with Gasteiger partial charge < -0.3 is 24.8 Å². The SMILES string of the molecule is CCOc1c(Cl)cc(C(=O)OCC(=O)Nc2ccc(NC(C)=O)cc2)cc1OC. The van der Waals surface area contributed by atoms with Crippen molar-refractivity contribution >= 4 is 40.8 Å². The number of methoxy groups -OCH3 is 1. The molecule has 0 saturated heterocycles. The Labute approximate surface area is 173 Å². The van der Waals surface area contributed by atoms with Gasteiger partial charge in [0.15, 0.2) is 18.1 Å². The fraction of sp³-hybridized carbons (Fsp3) is 0.250. The average Bonchev–Trinajstić information content (AvgIpc) is 2.68. The third-order valence-corrected chi connectivity index (χ3v) is 3.86. The van der Waals surface area contributed by atoms with Crippen LogP contribution in [0.25, 0.3) is 0 Å². The van der Waals surface area contributed by atoms with Gasteiger partial charge in [-0.25, -0.2) is 4.79 Å². The van der Waals surface area contributed by atoms with Crippen molar-refractivity contribution in [2.24, 2.45) is 0 Å². The lowest BCUT2D eigenvalue weighted by molar-refractivity contribution is -0.119. The first-order chi connectivity index (χ1) is 13.8. The van der Waals surface area contributed by atoms with Gasteiger partial charge in [0.2, 0.25) is 5.91 Å². The van der Waals surface area contributed by atoms with Crippen LogP contribution in [0.2, 0.25) is 5.02 Å². The first kappa shape index (κ1) is 22.0. The summed E-state index contributed by atoms with van der Waals surface area (Å²) < 4.78 is 15.6. The molecule has 8 nitrogen and oxygen atoms in total. The topological polar surface area (TPSA) is 103 Å². The van der Waals surface area contributed by atoms with Gasteiger partial charge in [-0.3, -0.25) is 9.59 Å². The standard InChI is InChI=1S/C20H21ClN2O6/c1-4-28-19-16(21)9-13(10-17(19)27-3)20(26)29-11-18(25)23-15-7-5-14(6-8-15)22-12(2)24/h5-10H,4,11H2,1-3H3,(H,22,24)(H,23,25). The smallest absolute Gasteiger partial charge is 0.338 e. The molecule has 0 saturated carbocycles. The van der Waals surface area contributed by atoms with Crippen molar-refractivity contribution in [3.05, 3.63) is 47.0 Å². The Balaban J connectivity index is 1.95. The Bertz CT molecular complexity index is 899. The number of amides is 2. The van der Waals surface area contributed by atoms with E-state index >= 15 is 0 Å². The summed E-state index contributed by atoms with van der Waals surface area (Å²) >= 11 is 6.13. The van der Waals surface area contributed by atoms with E-state index in [0.717, 1.165) is 0 Å². The van der Waals surface area contributed by atoms with Crippen LogP contribution in [0.4, 0.5) is 11.4 Å². The summed E-state index contributed by atoms with van der Waals surface area (Å²) in [6.07, 6.45) is 0. The van der Waals surface area contributed by atoms with Crippen molar-refractivity contribution in [1.29, 1.82) is 0 Å². The molecule has 0 bridgehead atoms. The highest BCUT2D eigenvalue weighted by Gasteiger charge is 2.17. The van der Waals surface area contributed by atoms with E-state index in [1.807, 2.05) is 0 Å². The first-order valence-electron chi connectivity index (χ1n) is 8.69. The Morgan fingerprint density at radius 2 is 1.66 bits per heavy atom. The minimum atomic E-state index is -0.732. The molecule has 9 heteroatoms. The molecular formula is C20H21ClN2O6. The van der Waals surface area contributed by atoms with Gasteiger partial charge in [-0.2, -0.15) is 0 Å². The summed E-state index contributed by atoms with van der Waals surface area (Å²) in [5.41, 5.74) is 1.22. The first-order valence-corrected chi connectivity index (χ1v) is 9.06. The number of hydrogen-bond acceptors (Lipinski definition) is 6. The lowest BCUT2D eigenvalue weighted by Gasteiger charge is -2.13. The van der Waals surface area contributed by atoms with E-state index in [1.54, 1.807) is 31.2 Å². The van der Waals surface area contributed by atoms with E-state index in [4.69, 9.17) is 25.8 Å². The monoisotopic (exact) mass is 420 g/mol. The molecule has 0 atom stereocenters. The van der Waals surface area contributed by atoms with Crippen molar-refractivity contribution < 1.29 is 28.6 Å². The maximum absolute atomic E-state index is 12.2. The third kappa shape index (κ3) is 6.39. The minimum absolute atomic E-state index is 0.128. The maximum atomic E-state index is 12.2.